The van der Waals surface area contributed by atoms with Gasteiger partial charge in [-0.1, -0.05) is 34.1 Å². The maximum absolute atomic E-state index is 10.8. The van der Waals surface area contributed by atoms with E-state index in [0.717, 1.165) is 35.7 Å². The van der Waals surface area contributed by atoms with Crippen molar-refractivity contribution in [2.45, 2.75) is 38.4 Å². The number of carbonyl (C=O) groups is 1. The lowest BCUT2D eigenvalue weighted by molar-refractivity contribution is -0.143. The molecule has 0 aromatic heterocycles. The third kappa shape index (κ3) is 3.56. The minimum atomic E-state index is -0.667. The molecule has 1 fully saturated rings. The predicted octanol–water partition coefficient (Wildman–Crippen LogP) is 3.61. The fourth-order valence-electron chi connectivity index (χ4n) is 2.30. The van der Waals surface area contributed by atoms with Gasteiger partial charge in [0.15, 0.2) is 0 Å². The second kappa shape index (κ2) is 6.34. The molecule has 0 saturated heterocycles. The molecule has 0 spiro atoms. The first-order valence-electron chi connectivity index (χ1n) is 6.24. The summed E-state index contributed by atoms with van der Waals surface area (Å²) in [7, 11) is 0. The fourth-order valence-corrected chi connectivity index (χ4v) is 2.70. The summed E-state index contributed by atoms with van der Waals surface area (Å²) in [6.07, 6.45) is 3.36. The number of hydrogen-bond acceptors (Lipinski definition) is 2. The summed E-state index contributed by atoms with van der Waals surface area (Å²) in [5.41, 5.74) is 1.14. The average Bonchev–Trinajstić information content (AvgIpc) is 2.38. The van der Waals surface area contributed by atoms with Crippen molar-refractivity contribution in [1.29, 1.82) is 0 Å². The number of hydrogen-bond donors (Lipinski definition) is 1. The highest BCUT2D eigenvalue weighted by atomic mass is 79.9. The number of aliphatic carboxylic acids is 1. The van der Waals surface area contributed by atoms with E-state index >= 15 is 0 Å². The first kappa shape index (κ1) is 13.6. The largest absolute Gasteiger partial charge is 0.481 e. The van der Waals surface area contributed by atoms with Crippen LogP contribution in [0.2, 0.25) is 0 Å². The molecule has 0 atom stereocenters. The lowest BCUT2D eigenvalue weighted by Crippen LogP contribution is -2.25. The Hall–Kier alpha value is -0.870. The molecule has 1 N–H and O–H groups in total. The van der Waals surface area contributed by atoms with Gasteiger partial charge >= 0.3 is 5.97 Å². The zero-order valence-electron chi connectivity index (χ0n) is 10.1. The van der Waals surface area contributed by atoms with Crippen molar-refractivity contribution in [1.82, 2.24) is 0 Å². The molecule has 1 aromatic rings. The van der Waals surface area contributed by atoms with Crippen LogP contribution in [0.3, 0.4) is 0 Å². The van der Waals surface area contributed by atoms with E-state index in [1.54, 1.807) is 0 Å². The van der Waals surface area contributed by atoms with Gasteiger partial charge in [0.2, 0.25) is 0 Å². The maximum atomic E-state index is 10.8. The van der Waals surface area contributed by atoms with E-state index in [2.05, 4.69) is 15.9 Å². The van der Waals surface area contributed by atoms with Crippen LogP contribution in [0, 0.1) is 5.92 Å². The van der Waals surface area contributed by atoms with Crippen LogP contribution in [-0.4, -0.2) is 17.2 Å². The molecule has 0 aliphatic heterocycles. The molecule has 0 radical (unpaired) electrons. The molecule has 18 heavy (non-hydrogen) atoms. The molecular weight excluding hydrogens is 296 g/mol. The maximum Gasteiger partial charge on any atom is 0.306 e. The molecule has 1 aliphatic carbocycles. The van der Waals surface area contributed by atoms with Crippen LogP contribution in [0.15, 0.2) is 28.7 Å². The third-order valence-electron chi connectivity index (χ3n) is 3.46. The van der Waals surface area contributed by atoms with E-state index in [1.165, 1.54) is 0 Å². The van der Waals surface area contributed by atoms with Crippen molar-refractivity contribution in [2.24, 2.45) is 5.92 Å². The van der Waals surface area contributed by atoms with E-state index in [1.807, 2.05) is 24.3 Å². The summed E-state index contributed by atoms with van der Waals surface area (Å²) in [5.74, 6) is -0.840. The van der Waals surface area contributed by atoms with Crippen molar-refractivity contribution in [2.75, 3.05) is 0 Å². The molecule has 98 valence electrons. The number of ether oxygens (including phenoxy) is 1. The second-order valence-electron chi connectivity index (χ2n) is 4.71. The Kier molecular flexibility index (Phi) is 4.78. The molecule has 2 rings (SSSR count). The Morgan fingerprint density at radius 1 is 1.28 bits per heavy atom. The Morgan fingerprint density at radius 2 is 1.94 bits per heavy atom. The second-order valence-corrected chi connectivity index (χ2v) is 5.57. The number of rotatable bonds is 4. The number of benzene rings is 1. The summed E-state index contributed by atoms with van der Waals surface area (Å²) in [6.45, 7) is 0.587. The lowest BCUT2D eigenvalue weighted by atomic mass is 9.87. The Balaban J connectivity index is 1.79. The molecule has 3 nitrogen and oxygen atoms in total. The van der Waals surface area contributed by atoms with Gasteiger partial charge < -0.3 is 9.84 Å². The standard InChI is InChI=1S/C14H17BrO3/c15-13-4-2-1-3-11(13)9-18-12-7-5-10(6-8-12)14(16)17/h1-4,10,12H,5-9H2,(H,16,17). The quantitative estimate of drug-likeness (QED) is 0.923. The molecule has 4 heteroatoms. The van der Waals surface area contributed by atoms with Gasteiger partial charge in [-0.3, -0.25) is 4.79 Å². The summed E-state index contributed by atoms with van der Waals surface area (Å²) in [5, 5.41) is 8.92. The van der Waals surface area contributed by atoms with Crippen LogP contribution in [0.5, 0.6) is 0 Å². The van der Waals surface area contributed by atoms with Crippen molar-refractivity contribution >= 4 is 21.9 Å². The van der Waals surface area contributed by atoms with Crippen LogP contribution in [0.25, 0.3) is 0 Å². The zero-order chi connectivity index (χ0) is 13.0. The first-order valence-corrected chi connectivity index (χ1v) is 7.04. The SMILES string of the molecule is O=C(O)C1CCC(OCc2ccccc2Br)CC1. The van der Waals surface area contributed by atoms with E-state index < -0.39 is 5.97 Å². The van der Waals surface area contributed by atoms with Crippen LogP contribution >= 0.6 is 15.9 Å². The van der Waals surface area contributed by atoms with E-state index in [9.17, 15) is 4.79 Å². The molecule has 0 amide bonds. The first-order chi connectivity index (χ1) is 8.66. The highest BCUT2D eigenvalue weighted by molar-refractivity contribution is 9.10. The minimum Gasteiger partial charge on any atom is -0.481 e. The molecule has 1 aromatic carbocycles. The molecule has 0 heterocycles. The summed E-state index contributed by atoms with van der Waals surface area (Å²) in [6, 6.07) is 8.00. The van der Waals surface area contributed by atoms with Crippen molar-refractivity contribution < 1.29 is 14.6 Å². The minimum absolute atomic E-state index is 0.173. The van der Waals surface area contributed by atoms with Crippen molar-refractivity contribution in [3.8, 4) is 0 Å². The summed E-state index contributed by atoms with van der Waals surface area (Å²) < 4.78 is 6.91. The van der Waals surface area contributed by atoms with Crippen molar-refractivity contribution in [3.63, 3.8) is 0 Å². The van der Waals surface area contributed by atoms with Gasteiger partial charge in [0, 0.05) is 4.47 Å². The topological polar surface area (TPSA) is 46.5 Å². The highest BCUT2D eigenvalue weighted by Crippen LogP contribution is 2.27. The molecule has 1 saturated carbocycles. The van der Waals surface area contributed by atoms with E-state index in [4.69, 9.17) is 9.84 Å². The molecule has 0 unspecified atom stereocenters. The Labute approximate surface area is 115 Å². The van der Waals surface area contributed by atoms with Gasteiger partial charge in [-0.15, -0.1) is 0 Å². The van der Waals surface area contributed by atoms with Gasteiger partial charge in [-0.05, 0) is 37.3 Å². The molecule has 1 aliphatic rings. The third-order valence-corrected chi connectivity index (χ3v) is 4.23. The fraction of sp³-hybridized carbons (Fsp3) is 0.500. The van der Waals surface area contributed by atoms with Crippen LogP contribution < -0.4 is 0 Å². The van der Waals surface area contributed by atoms with E-state index in [0.29, 0.717) is 6.61 Å². The van der Waals surface area contributed by atoms with Gasteiger partial charge in [-0.2, -0.15) is 0 Å². The van der Waals surface area contributed by atoms with Gasteiger partial charge in [0.1, 0.15) is 0 Å². The van der Waals surface area contributed by atoms with Gasteiger partial charge in [-0.25, -0.2) is 0 Å². The Morgan fingerprint density at radius 3 is 2.56 bits per heavy atom. The summed E-state index contributed by atoms with van der Waals surface area (Å²) >= 11 is 3.49. The average molecular weight is 313 g/mol. The normalized spacial score (nSPS) is 23.8. The molecular formula is C14H17BrO3. The van der Waals surface area contributed by atoms with Gasteiger partial charge in [0.25, 0.3) is 0 Å². The molecule has 0 bridgehead atoms. The Bertz CT molecular complexity index is 411. The zero-order valence-corrected chi connectivity index (χ0v) is 11.7. The smallest absolute Gasteiger partial charge is 0.306 e. The number of carboxylic acid groups (broad SMARTS) is 1. The highest BCUT2D eigenvalue weighted by Gasteiger charge is 2.26. The predicted molar refractivity (Wildman–Crippen MR) is 72.3 cm³/mol. The van der Waals surface area contributed by atoms with Crippen molar-refractivity contribution in [3.05, 3.63) is 34.3 Å². The summed E-state index contributed by atoms with van der Waals surface area (Å²) in [4.78, 5) is 10.8. The van der Waals surface area contributed by atoms with E-state index in [-0.39, 0.29) is 12.0 Å². The lowest BCUT2D eigenvalue weighted by Gasteiger charge is -2.26. The van der Waals surface area contributed by atoms with Gasteiger partial charge in [0.05, 0.1) is 18.6 Å². The number of carboxylic acids is 1. The van der Waals surface area contributed by atoms with Crippen LogP contribution in [-0.2, 0) is 16.1 Å². The monoisotopic (exact) mass is 312 g/mol. The van der Waals surface area contributed by atoms with Crippen LogP contribution in [0.1, 0.15) is 31.2 Å². The number of halogens is 1. The van der Waals surface area contributed by atoms with Crippen LogP contribution in [0.4, 0.5) is 0 Å².